The number of alkyl carbamates (subject to hydrolysis) is 1. The average molecular weight is 251 g/mol. The molecular weight excluding hydrogens is 226 g/mol. The van der Waals surface area contributed by atoms with Crippen LogP contribution < -0.4 is 5.32 Å². The minimum Gasteiger partial charge on any atom is -0.449 e. The molecule has 1 N–H and O–H groups in total. The predicted octanol–water partition coefficient (Wildman–Crippen LogP) is 3.65. The molecule has 0 bridgehead atoms. The molecule has 0 heterocycles. The van der Waals surface area contributed by atoms with Gasteiger partial charge in [-0.3, -0.25) is 0 Å². The second-order valence-electron chi connectivity index (χ2n) is 5.77. The largest absolute Gasteiger partial charge is 0.449 e. The third kappa shape index (κ3) is 4.04. The summed E-state index contributed by atoms with van der Waals surface area (Å²) in [6.07, 6.45) is 8.97. The van der Waals surface area contributed by atoms with Gasteiger partial charge in [-0.25, -0.2) is 4.79 Å². The highest BCUT2D eigenvalue weighted by molar-refractivity contribution is 5.67. The van der Waals surface area contributed by atoms with Gasteiger partial charge in [0.15, 0.2) is 0 Å². The maximum Gasteiger partial charge on any atom is 0.407 e. The van der Waals surface area contributed by atoms with Gasteiger partial charge < -0.3 is 10.1 Å². The Morgan fingerprint density at radius 1 is 1.22 bits per heavy atom. The third-order valence-corrected chi connectivity index (χ3v) is 4.30. The van der Waals surface area contributed by atoms with Crippen molar-refractivity contribution >= 4 is 6.09 Å². The molecule has 0 aromatic heterocycles. The summed E-state index contributed by atoms with van der Waals surface area (Å²) in [4.78, 5) is 11.6. The summed E-state index contributed by atoms with van der Waals surface area (Å²) < 4.78 is 5.20. The number of ether oxygens (including phenoxy) is 1. The summed E-state index contributed by atoms with van der Waals surface area (Å²) >= 11 is 0. The van der Waals surface area contributed by atoms with Crippen LogP contribution in [0.3, 0.4) is 0 Å². The van der Waals surface area contributed by atoms with E-state index in [1.165, 1.54) is 31.3 Å². The smallest absolute Gasteiger partial charge is 0.407 e. The number of carbonyl (C=O) groups is 1. The quantitative estimate of drug-likeness (QED) is 0.775. The number of amides is 1. The lowest BCUT2D eigenvalue weighted by Crippen LogP contribution is -2.38. The predicted molar refractivity (Wildman–Crippen MR) is 72.4 cm³/mol. The second kappa shape index (κ2) is 6.26. The first kappa shape index (κ1) is 13.4. The van der Waals surface area contributed by atoms with Crippen molar-refractivity contribution in [1.29, 1.82) is 0 Å². The number of nitrogens with one attached hydrogen (secondary N) is 1. The maximum absolute atomic E-state index is 11.6. The molecule has 2 aliphatic carbocycles. The fraction of sp³-hybridized carbons (Fsp3) is 0.800. The Kier molecular flexibility index (Phi) is 4.67. The summed E-state index contributed by atoms with van der Waals surface area (Å²) in [7, 11) is 0. The lowest BCUT2D eigenvalue weighted by atomic mass is 9.82. The van der Waals surface area contributed by atoms with E-state index in [2.05, 4.69) is 25.2 Å². The fourth-order valence-electron chi connectivity index (χ4n) is 2.62. The summed E-state index contributed by atoms with van der Waals surface area (Å²) in [5.41, 5.74) is 1.49. The van der Waals surface area contributed by atoms with Crippen LogP contribution in [0.15, 0.2) is 11.6 Å². The minimum atomic E-state index is -0.215. The van der Waals surface area contributed by atoms with E-state index in [4.69, 9.17) is 4.74 Å². The monoisotopic (exact) mass is 251 g/mol. The topological polar surface area (TPSA) is 38.3 Å². The molecular formula is C15H25NO2. The molecule has 1 amide bonds. The lowest BCUT2D eigenvalue weighted by Gasteiger charge is -2.29. The number of carbonyl (C=O) groups excluding carboxylic acids is 1. The van der Waals surface area contributed by atoms with Crippen LogP contribution in [0.25, 0.3) is 0 Å². The van der Waals surface area contributed by atoms with Gasteiger partial charge in [0, 0.05) is 6.04 Å². The van der Waals surface area contributed by atoms with E-state index < -0.39 is 0 Å². The average Bonchev–Trinajstić information content (AvgIpc) is 3.20. The minimum absolute atomic E-state index is 0.215. The van der Waals surface area contributed by atoms with Crippen molar-refractivity contribution in [3.63, 3.8) is 0 Å². The van der Waals surface area contributed by atoms with Crippen molar-refractivity contribution in [3.8, 4) is 0 Å². The summed E-state index contributed by atoms with van der Waals surface area (Å²) in [5.74, 6) is 1.36. The Bertz CT molecular complexity index is 312. The van der Waals surface area contributed by atoms with E-state index in [-0.39, 0.29) is 6.09 Å². The van der Waals surface area contributed by atoms with Gasteiger partial charge >= 0.3 is 6.09 Å². The maximum atomic E-state index is 11.6. The van der Waals surface area contributed by atoms with Crippen LogP contribution in [-0.2, 0) is 4.74 Å². The van der Waals surface area contributed by atoms with Crippen molar-refractivity contribution < 1.29 is 9.53 Å². The molecule has 0 unspecified atom stereocenters. The molecule has 3 nitrogen and oxygen atoms in total. The van der Waals surface area contributed by atoms with Gasteiger partial charge in [0.05, 0.1) is 6.61 Å². The van der Waals surface area contributed by atoms with E-state index >= 15 is 0 Å². The van der Waals surface area contributed by atoms with Gasteiger partial charge in [-0.2, -0.15) is 0 Å². The van der Waals surface area contributed by atoms with E-state index in [1.807, 2.05) is 0 Å². The van der Waals surface area contributed by atoms with Gasteiger partial charge in [-0.15, -0.1) is 0 Å². The Morgan fingerprint density at radius 3 is 2.44 bits per heavy atom. The molecule has 0 saturated heterocycles. The van der Waals surface area contributed by atoms with Gasteiger partial charge in [-0.05, 0) is 64.2 Å². The number of rotatable bonds is 4. The zero-order valence-corrected chi connectivity index (χ0v) is 11.6. The molecule has 3 heteroatoms. The highest BCUT2D eigenvalue weighted by atomic mass is 16.5. The fourth-order valence-corrected chi connectivity index (χ4v) is 2.62. The Hall–Kier alpha value is -0.990. The van der Waals surface area contributed by atoms with E-state index in [0.717, 1.165) is 18.8 Å². The zero-order chi connectivity index (χ0) is 13.0. The number of hydrogen-bond acceptors (Lipinski definition) is 2. The first-order valence-corrected chi connectivity index (χ1v) is 7.25. The molecule has 2 rings (SSSR count). The number of hydrogen-bond donors (Lipinski definition) is 1. The third-order valence-electron chi connectivity index (χ3n) is 4.30. The van der Waals surface area contributed by atoms with Crippen molar-refractivity contribution in [1.82, 2.24) is 5.32 Å². The van der Waals surface area contributed by atoms with Crippen molar-refractivity contribution in [2.24, 2.45) is 11.8 Å². The second-order valence-corrected chi connectivity index (χ2v) is 5.77. The molecule has 0 spiro atoms. The van der Waals surface area contributed by atoms with Gasteiger partial charge in [0.25, 0.3) is 0 Å². The number of allylic oxidation sites excluding steroid dienone is 2. The molecule has 0 aliphatic heterocycles. The highest BCUT2D eigenvalue weighted by Gasteiger charge is 2.25. The van der Waals surface area contributed by atoms with E-state index in [1.54, 1.807) is 0 Å². The van der Waals surface area contributed by atoms with Crippen LogP contribution in [0, 0.1) is 11.8 Å². The normalized spacial score (nSPS) is 28.9. The van der Waals surface area contributed by atoms with Crippen LogP contribution >= 0.6 is 0 Å². The first-order chi connectivity index (χ1) is 8.69. The van der Waals surface area contributed by atoms with Crippen LogP contribution in [0.1, 0.15) is 52.4 Å². The zero-order valence-electron chi connectivity index (χ0n) is 11.6. The van der Waals surface area contributed by atoms with Crippen LogP contribution in [0.5, 0.6) is 0 Å². The summed E-state index contributed by atoms with van der Waals surface area (Å²) in [6, 6.07) is 0.317. The van der Waals surface area contributed by atoms with Crippen molar-refractivity contribution in [3.05, 3.63) is 11.6 Å². The molecule has 0 atom stereocenters. The van der Waals surface area contributed by atoms with Crippen molar-refractivity contribution in [2.75, 3.05) is 6.61 Å². The molecule has 2 fully saturated rings. The molecule has 102 valence electrons. The van der Waals surface area contributed by atoms with Crippen molar-refractivity contribution in [2.45, 2.75) is 58.4 Å². The molecule has 2 saturated carbocycles. The molecule has 0 radical (unpaired) electrons. The van der Waals surface area contributed by atoms with Crippen LogP contribution in [0.2, 0.25) is 0 Å². The Labute approximate surface area is 110 Å². The lowest BCUT2D eigenvalue weighted by molar-refractivity contribution is 0.133. The molecule has 0 aromatic rings. The van der Waals surface area contributed by atoms with Crippen LogP contribution in [0.4, 0.5) is 4.79 Å². The van der Waals surface area contributed by atoms with E-state index in [0.29, 0.717) is 18.6 Å². The molecule has 2 aliphatic rings. The standard InChI is InChI=1S/C15H25NO2/c1-3-11(2)13-6-8-14(9-7-13)16-15(17)18-10-12-4-5-12/h3,12-14H,4-10H2,1-2H3,(H,16,17)/b11-3-. The SMILES string of the molecule is C/C=C(/C)C1CCC(NC(=O)OCC2CC2)CC1. The Balaban J connectivity index is 1.64. The summed E-state index contributed by atoms with van der Waals surface area (Å²) in [5, 5.41) is 3.00. The van der Waals surface area contributed by atoms with Gasteiger partial charge in [0.1, 0.15) is 0 Å². The highest BCUT2D eigenvalue weighted by Crippen LogP contribution is 2.30. The molecule has 18 heavy (non-hydrogen) atoms. The first-order valence-electron chi connectivity index (χ1n) is 7.25. The van der Waals surface area contributed by atoms with Gasteiger partial charge in [-0.1, -0.05) is 11.6 Å². The van der Waals surface area contributed by atoms with Crippen LogP contribution in [-0.4, -0.2) is 18.7 Å². The summed E-state index contributed by atoms with van der Waals surface area (Å²) in [6.45, 7) is 4.93. The van der Waals surface area contributed by atoms with E-state index in [9.17, 15) is 4.79 Å². The molecule has 0 aromatic carbocycles. The Morgan fingerprint density at radius 2 is 1.89 bits per heavy atom. The van der Waals surface area contributed by atoms with Gasteiger partial charge in [0.2, 0.25) is 0 Å².